The lowest BCUT2D eigenvalue weighted by molar-refractivity contribution is 0.0904. The van der Waals surface area contributed by atoms with E-state index in [-0.39, 0.29) is 5.56 Å². The largest absolute Gasteiger partial charge is 0.391 e. The number of nitrogens with two attached hydrogens (primary N) is 1. The van der Waals surface area contributed by atoms with Crippen LogP contribution in [0.5, 0.6) is 0 Å². The van der Waals surface area contributed by atoms with Crippen LogP contribution in [0.1, 0.15) is 48.0 Å². The first-order chi connectivity index (χ1) is 9.44. The van der Waals surface area contributed by atoms with E-state index in [1.165, 1.54) is 6.07 Å². The third-order valence-electron chi connectivity index (χ3n) is 3.90. The average Bonchev–Trinajstić information content (AvgIpc) is 2.42. The van der Waals surface area contributed by atoms with Gasteiger partial charge in [0.25, 0.3) is 5.91 Å². The summed E-state index contributed by atoms with van der Waals surface area (Å²) in [5, 5.41) is 2.87. The number of aryl methyl sites for hydroxylation is 1. The first kappa shape index (κ1) is 14.9. The number of carbonyl (C=O) groups is 1. The summed E-state index contributed by atoms with van der Waals surface area (Å²) < 4.78 is 13.8. The van der Waals surface area contributed by atoms with E-state index in [1.807, 2.05) is 6.92 Å². The molecule has 20 heavy (non-hydrogen) atoms. The highest BCUT2D eigenvalue weighted by molar-refractivity contribution is 7.80. The summed E-state index contributed by atoms with van der Waals surface area (Å²) in [4.78, 5) is 12.6. The average molecular weight is 294 g/mol. The number of rotatable bonds is 3. The molecule has 1 aliphatic carbocycles. The van der Waals surface area contributed by atoms with Crippen LogP contribution in [-0.2, 0) is 0 Å². The normalized spacial score (nSPS) is 17.5. The van der Waals surface area contributed by atoms with Crippen molar-refractivity contribution in [2.24, 2.45) is 5.73 Å². The lowest BCUT2D eigenvalue weighted by Gasteiger charge is -2.37. The minimum absolute atomic E-state index is 0.0474. The Hall–Kier alpha value is -1.49. The van der Waals surface area contributed by atoms with Crippen LogP contribution in [0, 0.1) is 12.7 Å². The summed E-state index contributed by atoms with van der Waals surface area (Å²) in [7, 11) is 0. The van der Waals surface area contributed by atoms with Gasteiger partial charge in [-0.15, -0.1) is 0 Å². The molecule has 108 valence electrons. The van der Waals surface area contributed by atoms with Crippen molar-refractivity contribution in [3.05, 3.63) is 35.1 Å². The van der Waals surface area contributed by atoms with Gasteiger partial charge in [0.15, 0.2) is 0 Å². The molecular formula is C15H19FN2OS. The van der Waals surface area contributed by atoms with E-state index in [4.69, 9.17) is 18.0 Å². The molecule has 0 unspecified atom stereocenters. The molecule has 1 fully saturated rings. The Labute approximate surface area is 123 Å². The van der Waals surface area contributed by atoms with E-state index in [0.29, 0.717) is 4.99 Å². The molecule has 3 N–H and O–H groups in total. The molecule has 0 saturated heterocycles. The van der Waals surface area contributed by atoms with E-state index in [1.54, 1.807) is 12.1 Å². The van der Waals surface area contributed by atoms with Gasteiger partial charge in [0, 0.05) is 0 Å². The van der Waals surface area contributed by atoms with E-state index in [0.717, 1.165) is 37.7 Å². The number of thiocarbonyl (C=S) groups is 1. The molecule has 5 heteroatoms. The fraction of sp³-hybridized carbons (Fsp3) is 0.467. The molecule has 0 bridgehead atoms. The van der Waals surface area contributed by atoms with Crippen molar-refractivity contribution in [1.29, 1.82) is 0 Å². The summed E-state index contributed by atoms with van der Waals surface area (Å²) in [5.74, 6) is -0.970. The number of halogens is 1. The maximum absolute atomic E-state index is 13.8. The molecule has 0 aromatic heterocycles. The second-order valence-electron chi connectivity index (χ2n) is 5.44. The number of nitrogens with one attached hydrogen (secondary N) is 1. The van der Waals surface area contributed by atoms with E-state index < -0.39 is 17.3 Å². The maximum Gasteiger partial charge on any atom is 0.255 e. The zero-order chi connectivity index (χ0) is 14.8. The molecule has 0 aliphatic heterocycles. The first-order valence-electron chi connectivity index (χ1n) is 6.83. The molecule has 2 rings (SSSR count). The summed E-state index contributed by atoms with van der Waals surface area (Å²) in [5.41, 5.74) is 6.04. The summed E-state index contributed by atoms with van der Waals surface area (Å²) in [6, 6.07) is 4.48. The Morgan fingerprint density at radius 1 is 1.35 bits per heavy atom. The fourth-order valence-corrected chi connectivity index (χ4v) is 2.94. The van der Waals surface area contributed by atoms with E-state index in [2.05, 4.69) is 5.32 Å². The minimum atomic E-state index is -0.666. The van der Waals surface area contributed by atoms with Crippen LogP contribution in [0.15, 0.2) is 18.2 Å². The van der Waals surface area contributed by atoms with Gasteiger partial charge < -0.3 is 11.1 Å². The Morgan fingerprint density at radius 2 is 2.00 bits per heavy atom. The molecule has 0 atom stereocenters. The molecule has 0 radical (unpaired) electrons. The number of carbonyl (C=O) groups excluding carboxylic acids is 1. The fourth-order valence-electron chi connectivity index (χ4n) is 2.69. The molecule has 1 aliphatic rings. The van der Waals surface area contributed by atoms with Gasteiger partial charge in [-0.1, -0.05) is 43.1 Å². The van der Waals surface area contributed by atoms with Gasteiger partial charge in [-0.05, 0) is 31.9 Å². The predicted octanol–water partition coefficient (Wildman–Crippen LogP) is 2.85. The molecule has 1 amide bonds. The van der Waals surface area contributed by atoms with E-state index >= 15 is 0 Å². The Morgan fingerprint density at radius 3 is 2.60 bits per heavy atom. The Bertz CT molecular complexity index is 539. The molecular weight excluding hydrogens is 275 g/mol. The second-order valence-corrected chi connectivity index (χ2v) is 5.88. The van der Waals surface area contributed by atoms with Crippen LogP contribution in [0.4, 0.5) is 4.39 Å². The van der Waals surface area contributed by atoms with Gasteiger partial charge in [-0.3, -0.25) is 4.79 Å². The topological polar surface area (TPSA) is 55.1 Å². The van der Waals surface area contributed by atoms with Crippen molar-refractivity contribution < 1.29 is 9.18 Å². The SMILES string of the molecule is Cc1ccc(F)c(C(=O)NC2(C(N)=S)CCCCC2)c1. The lowest BCUT2D eigenvalue weighted by Crippen LogP contribution is -2.57. The zero-order valence-electron chi connectivity index (χ0n) is 11.5. The third kappa shape index (κ3) is 2.98. The third-order valence-corrected chi connectivity index (χ3v) is 4.29. The second kappa shape index (κ2) is 5.87. The standard InChI is InChI=1S/C15H19FN2OS/c1-10-5-6-12(16)11(9-10)13(19)18-15(14(17)20)7-3-2-4-8-15/h5-6,9H,2-4,7-8H2,1H3,(H2,17,20)(H,18,19). The first-order valence-corrected chi connectivity index (χ1v) is 7.24. The van der Waals surface area contributed by atoms with Crippen molar-refractivity contribution in [3.63, 3.8) is 0 Å². The van der Waals surface area contributed by atoms with Crippen molar-refractivity contribution in [1.82, 2.24) is 5.32 Å². The number of benzene rings is 1. The summed E-state index contributed by atoms with van der Waals surface area (Å²) >= 11 is 5.12. The van der Waals surface area contributed by atoms with Gasteiger partial charge in [-0.2, -0.15) is 0 Å². The van der Waals surface area contributed by atoms with Crippen LogP contribution in [0.25, 0.3) is 0 Å². The number of hydrogen-bond donors (Lipinski definition) is 2. The van der Waals surface area contributed by atoms with Crippen molar-refractivity contribution in [2.75, 3.05) is 0 Å². The smallest absolute Gasteiger partial charge is 0.255 e. The molecule has 0 spiro atoms. The van der Waals surface area contributed by atoms with Gasteiger partial charge in [0.1, 0.15) is 5.82 Å². The van der Waals surface area contributed by atoms with Gasteiger partial charge in [0.05, 0.1) is 16.1 Å². The maximum atomic E-state index is 13.8. The van der Waals surface area contributed by atoms with Crippen LogP contribution in [-0.4, -0.2) is 16.4 Å². The van der Waals surface area contributed by atoms with Crippen molar-refractivity contribution >= 4 is 23.1 Å². The summed E-state index contributed by atoms with van der Waals surface area (Å²) in [6.45, 7) is 1.82. The highest BCUT2D eigenvalue weighted by atomic mass is 32.1. The number of amides is 1. The van der Waals surface area contributed by atoms with Gasteiger partial charge >= 0.3 is 0 Å². The Balaban J connectivity index is 2.24. The van der Waals surface area contributed by atoms with Crippen molar-refractivity contribution in [3.8, 4) is 0 Å². The van der Waals surface area contributed by atoms with Crippen LogP contribution in [0.3, 0.4) is 0 Å². The predicted molar refractivity (Wildman–Crippen MR) is 81.2 cm³/mol. The van der Waals surface area contributed by atoms with Crippen LogP contribution < -0.4 is 11.1 Å². The molecule has 1 aromatic carbocycles. The van der Waals surface area contributed by atoms with E-state index in [9.17, 15) is 9.18 Å². The monoisotopic (exact) mass is 294 g/mol. The molecule has 1 aromatic rings. The van der Waals surface area contributed by atoms with Crippen molar-refractivity contribution in [2.45, 2.75) is 44.6 Å². The van der Waals surface area contributed by atoms with Crippen LogP contribution >= 0.6 is 12.2 Å². The minimum Gasteiger partial charge on any atom is -0.391 e. The molecule has 0 heterocycles. The van der Waals surface area contributed by atoms with Crippen LogP contribution in [0.2, 0.25) is 0 Å². The Kier molecular flexibility index (Phi) is 4.38. The lowest BCUT2D eigenvalue weighted by atomic mass is 9.81. The highest BCUT2D eigenvalue weighted by Gasteiger charge is 2.37. The zero-order valence-corrected chi connectivity index (χ0v) is 12.4. The summed E-state index contributed by atoms with van der Waals surface area (Å²) in [6.07, 6.45) is 4.49. The van der Waals surface area contributed by atoms with Gasteiger partial charge in [-0.25, -0.2) is 4.39 Å². The van der Waals surface area contributed by atoms with Gasteiger partial charge in [0.2, 0.25) is 0 Å². The quantitative estimate of drug-likeness (QED) is 0.843. The molecule has 1 saturated carbocycles. The number of hydrogen-bond acceptors (Lipinski definition) is 2. The highest BCUT2D eigenvalue weighted by Crippen LogP contribution is 2.29. The molecule has 3 nitrogen and oxygen atoms in total.